The Balaban J connectivity index is 0.000000175. The molecule has 0 bridgehead atoms. The van der Waals surface area contributed by atoms with Crippen LogP contribution in [-0.4, -0.2) is 109 Å². The second-order valence-electron chi connectivity index (χ2n) is 21.9. The number of aliphatic hydroxyl groups excluding tert-OH is 2. The second-order valence-corrected chi connectivity index (χ2v) is 26.3. The molecular formula is C66H65BrF6N6O9S2. The zero-order valence-electron chi connectivity index (χ0n) is 48.7. The minimum Gasteiger partial charge on any atom is -0.497 e. The van der Waals surface area contributed by atoms with Gasteiger partial charge in [-0.05, 0) is 164 Å². The van der Waals surface area contributed by atoms with E-state index in [4.69, 9.17) is 4.74 Å². The summed E-state index contributed by atoms with van der Waals surface area (Å²) in [7, 11) is -6.72. The Morgan fingerprint density at radius 3 is 1.28 bits per heavy atom. The smallest absolute Gasteiger partial charge is 0.497 e. The van der Waals surface area contributed by atoms with Crippen molar-refractivity contribution < 1.29 is 67.6 Å². The van der Waals surface area contributed by atoms with E-state index in [-0.39, 0.29) is 22.9 Å². The van der Waals surface area contributed by atoms with Gasteiger partial charge in [-0.25, -0.2) is 26.3 Å². The average Bonchev–Trinajstić information content (AvgIpc) is 1.33. The first-order valence-electron chi connectivity index (χ1n) is 28.8. The lowest BCUT2D eigenvalue weighted by atomic mass is 9.94. The molecule has 0 aromatic heterocycles. The van der Waals surface area contributed by atoms with E-state index < -0.39 is 80.6 Å². The molecule has 0 spiro atoms. The Labute approximate surface area is 527 Å². The minimum atomic E-state index is -4.90. The van der Waals surface area contributed by atoms with Crippen molar-refractivity contribution in [3.63, 3.8) is 0 Å². The summed E-state index contributed by atoms with van der Waals surface area (Å²) in [5, 5.41) is 26.7. The third-order valence-electron chi connectivity index (χ3n) is 15.9. The molecule has 6 atom stereocenters. The van der Waals surface area contributed by atoms with Gasteiger partial charge in [0.05, 0.1) is 53.3 Å². The Bertz CT molecular complexity index is 3870. The number of anilines is 5. The topological polar surface area (TPSA) is 182 Å². The quantitative estimate of drug-likeness (QED) is 0.0730. The summed E-state index contributed by atoms with van der Waals surface area (Å²) in [6.07, 6.45) is -8.69. The van der Waals surface area contributed by atoms with Gasteiger partial charge >= 0.3 is 12.7 Å². The predicted octanol–water partition coefficient (Wildman–Crippen LogP) is 11.7. The number of rotatable bonds is 12. The van der Waals surface area contributed by atoms with E-state index in [1.807, 2.05) is 128 Å². The summed E-state index contributed by atoms with van der Waals surface area (Å²) in [6, 6.07) is 52.7. The van der Waals surface area contributed by atoms with Crippen molar-refractivity contribution in [3.8, 4) is 17.2 Å². The van der Waals surface area contributed by atoms with E-state index in [1.165, 1.54) is 0 Å². The van der Waals surface area contributed by atoms with Gasteiger partial charge in [0, 0.05) is 59.1 Å². The number of methoxy groups -OCH3 is 1. The van der Waals surface area contributed by atoms with Crippen LogP contribution in [0, 0.1) is 6.92 Å². The summed E-state index contributed by atoms with van der Waals surface area (Å²) in [6.45, 7) is 3.18. The van der Waals surface area contributed by atoms with Gasteiger partial charge in [0.25, 0.3) is 0 Å². The molecule has 0 amide bonds. The van der Waals surface area contributed by atoms with Crippen molar-refractivity contribution in [1.82, 2.24) is 14.8 Å². The molecule has 8 aromatic carbocycles. The number of alkyl halides is 6. The third-order valence-corrected chi connectivity index (χ3v) is 19.5. The van der Waals surface area contributed by atoms with Gasteiger partial charge in [0.1, 0.15) is 17.2 Å². The Kier molecular flexibility index (Phi) is 20.2. The number of sulfonamides is 2. The number of hydrogen-bond acceptors (Lipinski definition) is 13. The fourth-order valence-electron chi connectivity index (χ4n) is 11.7. The fraction of sp³-hybridized carbons (Fsp3) is 0.273. The highest BCUT2D eigenvalue weighted by molar-refractivity contribution is 9.10. The average molecular weight is 1340 g/mol. The van der Waals surface area contributed by atoms with Gasteiger partial charge in [0.15, 0.2) is 0 Å². The highest BCUT2D eigenvalue weighted by Gasteiger charge is 2.44. The third kappa shape index (κ3) is 15.9. The summed E-state index contributed by atoms with van der Waals surface area (Å²) >= 11 is 3.32. The van der Waals surface area contributed by atoms with Crippen LogP contribution >= 0.6 is 15.9 Å². The zero-order valence-corrected chi connectivity index (χ0v) is 51.9. The molecule has 8 aromatic rings. The Morgan fingerprint density at radius 1 is 0.489 bits per heavy atom. The maximum Gasteiger partial charge on any atom is 0.573 e. The van der Waals surface area contributed by atoms with Crippen molar-refractivity contribution in [1.29, 1.82) is 0 Å². The van der Waals surface area contributed by atoms with Crippen LogP contribution in [0.15, 0.2) is 208 Å². The van der Waals surface area contributed by atoms with Crippen molar-refractivity contribution in [3.05, 3.63) is 226 Å². The molecule has 0 radical (unpaired) electrons. The number of ether oxygens (including phenoxy) is 3. The molecule has 0 saturated carbocycles. The number of hydrogen-bond donors (Lipinski definition) is 5. The van der Waals surface area contributed by atoms with E-state index in [0.29, 0.717) is 13.1 Å². The lowest BCUT2D eigenvalue weighted by Gasteiger charge is -2.48. The van der Waals surface area contributed by atoms with Crippen LogP contribution in [0.25, 0.3) is 0 Å². The van der Waals surface area contributed by atoms with E-state index >= 15 is 0 Å². The molecule has 90 heavy (non-hydrogen) atoms. The first-order valence-corrected chi connectivity index (χ1v) is 32.5. The lowest BCUT2D eigenvalue weighted by Crippen LogP contribution is -2.65. The van der Waals surface area contributed by atoms with Crippen LogP contribution in [0.3, 0.4) is 0 Å². The van der Waals surface area contributed by atoms with E-state index in [2.05, 4.69) is 79.1 Å². The standard InChI is InChI=1S/C33H32F3N3O4S.C26H26F3N3O4S.C7H7BrO/c1-22-10-14-25(15-11-22)38-20-28(37-44(41,42)27-18-16-26(17-19-27)43-33(34,35)36)32(40)31(21-38)39-29-8-4-2-6-23(29)12-13-24-7-3-5-9-30(24)39;27-26(28,29)36-19-11-13-20(14-12-19)37(34,35)31-21-15-30-16-24(25(21)33)32-22-7-3-1-5-17(22)9-10-18-6-2-4-8-23(18)32;1-9-7-4-2-6(8)3-5-7/h2-11,14-19,28,31-32,37,40H,12-13,20-21H2,1H3;1-8,11-14,21,24-25,30-31,33H,9-10,15-16H2;2-5H,1H3/t28-,31+,32+;21-,24+,25+;/m11./s1. The molecule has 2 fully saturated rings. The second kappa shape index (κ2) is 27.8. The molecule has 4 aliphatic rings. The summed E-state index contributed by atoms with van der Waals surface area (Å²) in [4.78, 5) is 5.79. The fourth-order valence-corrected chi connectivity index (χ4v) is 14.4. The molecular weight excluding hydrogens is 1280 g/mol. The lowest BCUT2D eigenvalue weighted by molar-refractivity contribution is -0.275. The summed E-state index contributed by atoms with van der Waals surface area (Å²) < 4.78 is 147. The minimum absolute atomic E-state index is 0.173. The summed E-state index contributed by atoms with van der Waals surface area (Å²) in [5.41, 5.74) is 10.3. The first-order chi connectivity index (χ1) is 42.9. The number of para-hydroxylation sites is 4. The van der Waals surface area contributed by atoms with E-state index in [1.54, 1.807) is 7.11 Å². The largest absolute Gasteiger partial charge is 0.573 e. The zero-order chi connectivity index (χ0) is 64.0. The van der Waals surface area contributed by atoms with Crippen molar-refractivity contribution in [2.75, 3.05) is 48.0 Å². The number of halogens is 7. The van der Waals surface area contributed by atoms with E-state index in [9.17, 15) is 53.4 Å². The maximum absolute atomic E-state index is 13.5. The molecule has 12 rings (SSSR count). The first kappa shape index (κ1) is 65.3. The Morgan fingerprint density at radius 2 is 0.867 bits per heavy atom. The molecule has 2 saturated heterocycles. The van der Waals surface area contributed by atoms with Gasteiger partial charge in [0.2, 0.25) is 20.0 Å². The van der Waals surface area contributed by atoms with Crippen LogP contribution in [-0.2, 0) is 45.7 Å². The van der Waals surface area contributed by atoms with Crippen molar-refractivity contribution in [2.24, 2.45) is 0 Å². The van der Waals surface area contributed by atoms with Crippen LogP contribution < -0.4 is 43.7 Å². The van der Waals surface area contributed by atoms with Crippen LogP contribution in [0.2, 0.25) is 0 Å². The normalized spacial score (nSPS) is 20.0. The molecule has 4 heterocycles. The van der Waals surface area contributed by atoms with Crippen LogP contribution in [0.5, 0.6) is 17.2 Å². The van der Waals surface area contributed by atoms with Gasteiger partial charge in [-0.1, -0.05) is 106 Å². The van der Waals surface area contributed by atoms with Crippen LogP contribution in [0.4, 0.5) is 54.8 Å². The molecule has 474 valence electrons. The number of aliphatic hydroxyl groups is 2. The number of nitrogens with zero attached hydrogens (tertiary/aromatic N) is 3. The van der Waals surface area contributed by atoms with Crippen molar-refractivity contribution in [2.45, 2.75) is 91.5 Å². The number of aryl methyl sites for hydroxylation is 5. The van der Waals surface area contributed by atoms with E-state index in [0.717, 1.165) is 141 Å². The highest BCUT2D eigenvalue weighted by atomic mass is 79.9. The van der Waals surface area contributed by atoms with Gasteiger partial charge in [-0.15, -0.1) is 26.3 Å². The highest BCUT2D eigenvalue weighted by Crippen LogP contribution is 2.42. The molecule has 4 aliphatic heterocycles. The molecule has 0 aliphatic carbocycles. The maximum atomic E-state index is 13.5. The molecule has 15 nitrogen and oxygen atoms in total. The number of benzene rings is 8. The van der Waals surface area contributed by atoms with Crippen LogP contribution in [0.1, 0.15) is 27.8 Å². The summed E-state index contributed by atoms with van der Waals surface area (Å²) in [5.74, 6) is -0.166. The molecule has 24 heteroatoms. The number of nitrogens with one attached hydrogen (secondary N) is 3. The van der Waals surface area contributed by atoms with Crippen molar-refractivity contribution >= 4 is 64.4 Å². The molecule has 0 unspecified atom stereocenters. The molecule has 5 N–H and O–H groups in total. The van der Waals surface area contributed by atoms with Gasteiger partial charge in [-0.2, -0.15) is 0 Å². The van der Waals surface area contributed by atoms with Gasteiger partial charge < -0.3 is 44.4 Å². The SMILES string of the molecule is COc1ccc(Br)cc1.Cc1ccc(N2C[C@@H](NS(=O)(=O)c3ccc(OC(F)(F)F)cc3)[C@H](O)[C@@H](N3c4ccccc4CCc4ccccc43)C2)cc1.O=S(=O)(N[C@@H]1CNC[C@H](N2c3ccccc3CCc3ccccc32)[C@H]1O)c1ccc(OC(F)(F)F)cc1. The number of piperidine rings is 2. The predicted molar refractivity (Wildman–Crippen MR) is 336 cm³/mol. The Hall–Kier alpha value is -7.68. The monoisotopic (exact) mass is 1340 g/mol. The van der Waals surface area contributed by atoms with Gasteiger partial charge in [-0.3, -0.25) is 0 Å². The number of fused-ring (bicyclic) bond motifs is 4.